The molecule has 40 heavy (non-hydrogen) atoms. The van der Waals surface area contributed by atoms with Crippen LogP contribution in [0.25, 0.3) is 11.8 Å². The number of aryl methyl sites for hydroxylation is 1. The van der Waals surface area contributed by atoms with E-state index in [2.05, 4.69) is 15.2 Å². The lowest BCUT2D eigenvalue weighted by molar-refractivity contribution is 0.0796. The minimum Gasteiger partial charge on any atom is -0.291 e. The van der Waals surface area contributed by atoms with Gasteiger partial charge < -0.3 is 0 Å². The lowest BCUT2D eigenvalue weighted by Crippen LogP contribution is -2.46. The Morgan fingerprint density at radius 1 is 1.15 bits per heavy atom. The zero-order valence-electron chi connectivity index (χ0n) is 22.6. The molecule has 2 atom stereocenters. The van der Waals surface area contributed by atoms with Gasteiger partial charge in [-0.2, -0.15) is 10.2 Å². The van der Waals surface area contributed by atoms with E-state index in [-0.39, 0.29) is 29.1 Å². The van der Waals surface area contributed by atoms with Crippen molar-refractivity contribution in [2.75, 3.05) is 0 Å². The molecule has 0 spiro atoms. The number of sulfone groups is 1. The summed E-state index contributed by atoms with van der Waals surface area (Å²) in [6.45, 7) is 5.78. The predicted molar refractivity (Wildman–Crippen MR) is 148 cm³/mol. The van der Waals surface area contributed by atoms with Crippen molar-refractivity contribution < 1.29 is 17.6 Å². The topological polar surface area (TPSA) is 99.7 Å². The summed E-state index contributed by atoms with van der Waals surface area (Å²) < 4.78 is 44.6. The van der Waals surface area contributed by atoms with Crippen LogP contribution in [-0.4, -0.2) is 44.0 Å². The molecule has 206 valence electrons. The Morgan fingerprint density at radius 3 is 2.62 bits per heavy atom. The minimum atomic E-state index is -3.79. The monoisotopic (exact) mass is 559 g/mol. The highest BCUT2D eigenvalue weighted by Crippen LogP contribution is 2.51. The van der Waals surface area contributed by atoms with Crippen LogP contribution in [0.5, 0.6) is 0 Å². The highest BCUT2D eigenvalue weighted by molar-refractivity contribution is 7.92. The molecule has 1 saturated carbocycles. The van der Waals surface area contributed by atoms with Gasteiger partial charge >= 0.3 is 0 Å². The number of Topliss-reactive ketones (excluding diaryl/α,β-unsaturated/α-hetero) is 1. The van der Waals surface area contributed by atoms with E-state index in [1.807, 2.05) is 32.9 Å². The average molecular weight is 560 g/mol. The number of hydrogen-bond donors (Lipinski definition) is 0. The van der Waals surface area contributed by atoms with Gasteiger partial charge in [0.25, 0.3) is 0 Å². The zero-order chi connectivity index (χ0) is 28.2. The van der Waals surface area contributed by atoms with Crippen molar-refractivity contribution in [3.63, 3.8) is 0 Å². The molecule has 0 aliphatic heterocycles. The molecule has 10 heteroatoms. The minimum absolute atomic E-state index is 0.0274. The van der Waals surface area contributed by atoms with Crippen LogP contribution in [0, 0.1) is 18.2 Å². The first-order valence-electron chi connectivity index (χ1n) is 13.4. The molecule has 2 aliphatic rings. The van der Waals surface area contributed by atoms with Crippen molar-refractivity contribution in [3.8, 4) is 5.69 Å². The van der Waals surface area contributed by atoms with Gasteiger partial charge in [0.2, 0.25) is 0 Å². The number of rotatable bonds is 6. The number of benzene rings is 1. The molecule has 1 aromatic carbocycles. The van der Waals surface area contributed by atoms with E-state index in [1.165, 1.54) is 12.1 Å². The number of ketones is 1. The van der Waals surface area contributed by atoms with E-state index >= 15 is 0 Å². The van der Waals surface area contributed by atoms with Crippen molar-refractivity contribution in [2.24, 2.45) is 5.41 Å². The van der Waals surface area contributed by atoms with Crippen LogP contribution >= 0.6 is 0 Å². The SMILES string of the molecule is Cc1ccnc(C(=O)[C@]23Cc4cnn(-c5ccc(F)cc5)c4C=C2CC[C@H](S(=O)(=O)c2ccn(C(C)C)n2)C3)c1. The van der Waals surface area contributed by atoms with Gasteiger partial charge in [-0.15, -0.1) is 0 Å². The van der Waals surface area contributed by atoms with E-state index in [4.69, 9.17) is 0 Å². The molecule has 0 amide bonds. The molecule has 3 aromatic heterocycles. The van der Waals surface area contributed by atoms with E-state index < -0.39 is 20.5 Å². The first-order valence-corrected chi connectivity index (χ1v) is 14.9. The normalized spacial score (nSPS) is 20.6. The second kappa shape index (κ2) is 9.62. The van der Waals surface area contributed by atoms with Crippen LogP contribution < -0.4 is 0 Å². The van der Waals surface area contributed by atoms with Gasteiger partial charge in [0.05, 0.1) is 28.2 Å². The Bertz CT molecular complexity index is 1750. The molecule has 4 aromatic rings. The molecular formula is C30H30FN5O3S. The third-order valence-corrected chi connectivity index (χ3v) is 10.2. The summed E-state index contributed by atoms with van der Waals surface area (Å²) >= 11 is 0. The zero-order valence-corrected chi connectivity index (χ0v) is 23.4. The summed E-state index contributed by atoms with van der Waals surface area (Å²) in [5, 5.41) is 8.18. The molecule has 0 bridgehead atoms. The fourth-order valence-corrected chi connectivity index (χ4v) is 7.69. The van der Waals surface area contributed by atoms with Crippen molar-refractivity contribution in [1.29, 1.82) is 0 Å². The molecule has 0 radical (unpaired) electrons. The van der Waals surface area contributed by atoms with E-state index in [0.29, 0.717) is 30.6 Å². The van der Waals surface area contributed by atoms with Gasteiger partial charge in [-0.25, -0.2) is 17.5 Å². The lowest BCUT2D eigenvalue weighted by Gasteiger charge is -2.43. The summed E-state index contributed by atoms with van der Waals surface area (Å²) in [4.78, 5) is 18.7. The summed E-state index contributed by atoms with van der Waals surface area (Å²) in [5.74, 6) is -0.522. The maximum absolute atomic E-state index is 14.3. The summed E-state index contributed by atoms with van der Waals surface area (Å²) in [7, 11) is -3.79. The number of nitrogens with zero attached hydrogens (tertiary/aromatic N) is 5. The number of allylic oxidation sites excluding steroid dienone is 1. The third kappa shape index (κ3) is 4.30. The Kier molecular flexibility index (Phi) is 6.33. The molecule has 6 rings (SSSR count). The standard InChI is InChI=1S/C30H30FN5O3S/c1-19(2)35-13-11-28(34-35)40(38,39)25-9-4-22-15-27-21(18-33-36(27)24-7-5-23(31)6-8-24)16-30(22,17-25)29(37)26-14-20(3)10-12-32-26/h5-8,10-15,18-19,25H,4,9,16-17H2,1-3H3/t25-,30-/m0/s1. The molecular weight excluding hydrogens is 529 g/mol. The molecule has 0 N–H and O–H groups in total. The van der Waals surface area contributed by atoms with Crippen LogP contribution in [-0.2, 0) is 16.3 Å². The van der Waals surface area contributed by atoms with Gasteiger partial charge in [0, 0.05) is 18.4 Å². The predicted octanol–water partition coefficient (Wildman–Crippen LogP) is 5.33. The first kappa shape index (κ1) is 26.3. The average Bonchev–Trinajstić information content (AvgIpc) is 3.60. The third-order valence-electron chi connectivity index (χ3n) is 8.11. The summed E-state index contributed by atoms with van der Waals surface area (Å²) in [6, 6.07) is 11.2. The second-order valence-corrected chi connectivity index (χ2v) is 13.2. The highest BCUT2D eigenvalue weighted by Gasteiger charge is 2.52. The van der Waals surface area contributed by atoms with Crippen LogP contribution in [0.2, 0.25) is 0 Å². The fourth-order valence-electron chi connectivity index (χ4n) is 5.95. The maximum atomic E-state index is 14.3. The van der Waals surface area contributed by atoms with Crippen molar-refractivity contribution >= 4 is 21.7 Å². The number of halogens is 1. The van der Waals surface area contributed by atoms with Gasteiger partial charge in [-0.05, 0) is 106 Å². The van der Waals surface area contributed by atoms with E-state index in [1.54, 1.807) is 52.2 Å². The Balaban J connectivity index is 1.44. The van der Waals surface area contributed by atoms with Crippen molar-refractivity contribution in [3.05, 3.63) is 95.0 Å². The van der Waals surface area contributed by atoms with Crippen LogP contribution in [0.1, 0.15) is 66.5 Å². The molecule has 0 saturated heterocycles. The summed E-state index contributed by atoms with van der Waals surface area (Å²) in [6.07, 6.45) is 8.21. The number of pyridine rings is 1. The Hall–Kier alpha value is -3.92. The van der Waals surface area contributed by atoms with Gasteiger partial charge in [0.15, 0.2) is 20.6 Å². The fraction of sp³-hybridized carbons (Fsp3) is 0.333. The molecule has 8 nitrogen and oxygen atoms in total. The smallest absolute Gasteiger partial charge is 0.200 e. The molecule has 2 aliphatic carbocycles. The van der Waals surface area contributed by atoms with E-state index in [9.17, 15) is 17.6 Å². The van der Waals surface area contributed by atoms with Gasteiger partial charge in [-0.1, -0.05) is 5.57 Å². The van der Waals surface area contributed by atoms with Gasteiger partial charge in [0.1, 0.15) is 11.5 Å². The molecule has 0 unspecified atom stereocenters. The number of carbonyl (C=O) groups excluding carboxylic acids is 1. The number of aromatic nitrogens is 5. The maximum Gasteiger partial charge on any atom is 0.200 e. The van der Waals surface area contributed by atoms with Crippen molar-refractivity contribution in [1.82, 2.24) is 24.5 Å². The van der Waals surface area contributed by atoms with Crippen LogP contribution in [0.15, 0.2) is 71.7 Å². The Labute approximate surface area is 232 Å². The number of carbonyl (C=O) groups is 1. The number of fused-ring (bicyclic) bond motifs is 2. The van der Waals surface area contributed by atoms with Crippen LogP contribution in [0.4, 0.5) is 4.39 Å². The number of hydrogen-bond acceptors (Lipinski definition) is 6. The second-order valence-electron chi connectivity index (χ2n) is 11.1. The highest BCUT2D eigenvalue weighted by atomic mass is 32.2. The Morgan fingerprint density at radius 2 is 1.93 bits per heavy atom. The summed E-state index contributed by atoms with van der Waals surface area (Å²) in [5.41, 5.74) is 3.37. The van der Waals surface area contributed by atoms with Crippen molar-refractivity contribution in [2.45, 2.75) is 62.8 Å². The first-order chi connectivity index (χ1) is 19.1. The molecule has 3 heterocycles. The lowest BCUT2D eigenvalue weighted by atomic mass is 9.61. The van der Waals surface area contributed by atoms with Crippen LogP contribution in [0.3, 0.4) is 0 Å². The molecule has 1 fully saturated rings. The van der Waals surface area contributed by atoms with Gasteiger partial charge in [-0.3, -0.25) is 14.5 Å². The van der Waals surface area contributed by atoms with E-state index in [0.717, 1.165) is 22.4 Å². The largest absolute Gasteiger partial charge is 0.291 e. The quantitative estimate of drug-likeness (QED) is 0.296.